The Labute approximate surface area is 164 Å². The SMILES string of the molecule is Cl.Cn1ccnc1C1CNCCN1CC(=O)Nc1cccc(S(N)(=O)=O)c1. The number of hydrogen-bond acceptors (Lipinski definition) is 6. The largest absolute Gasteiger partial charge is 0.337 e. The number of halogens is 1. The van der Waals surface area contributed by atoms with Gasteiger partial charge in [-0.3, -0.25) is 9.69 Å². The lowest BCUT2D eigenvalue weighted by atomic mass is 10.1. The molecule has 1 unspecified atom stereocenters. The number of rotatable bonds is 5. The zero-order chi connectivity index (χ0) is 18.7. The molecule has 1 amide bonds. The zero-order valence-electron chi connectivity index (χ0n) is 14.8. The topological polar surface area (TPSA) is 122 Å². The fraction of sp³-hybridized carbons (Fsp3) is 0.375. The molecule has 0 aliphatic carbocycles. The van der Waals surface area contributed by atoms with Crippen molar-refractivity contribution in [1.82, 2.24) is 19.8 Å². The molecule has 2 heterocycles. The Kier molecular flexibility index (Phi) is 6.95. The predicted octanol–water partition coefficient (Wildman–Crippen LogP) is 0.0743. The smallest absolute Gasteiger partial charge is 0.238 e. The number of nitrogens with one attached hydrogen (secondary N) is 2. The van der Waals surface area contributed by atoms with Gasteiger partial charge in [0.1, 0.15) is 5.82 Å². The van der Waals surface area contributed by atoms with E-state index in [1.54, 1.807) is 12.3 Å². The second-order valence-corrected chi connectivity index (χ2v) is 7.77. The van der Waals surface area contributed by atoms with Crippen LogP contribution in [0.2, 0.25) is 0 Å². The van der Waals surface area contributed by atoms with E-state index in [9.17, 15) is 13.2 Å². The van der Waals surface area contributed by atoms with Gasteiger partial charge in [-0.1, -0.05) is 6.07 Å². The zero-order valence-corrected chi connectivity index (χ0v) is 16.5. The van der Waals surface area contributed by atoms with E-state index in [0.717, 1.165) is 12.4 Å². The molecule has 11 heteroatoms. The number of amides is 1. The lowest BCUT2D eigenvalue weighted by Crippen LogP contribution is -2.49. The molecule has 4 N–H and O–H groups in total. The molecular formula is C16H23ClN6O3S. The van der Waals surface area contributed by atoms with Crippen LogP contribution >= 0.6 is 12.4 Å². The maximum Gasteiger partial charge on any atom is 0.238 e. The minimum absolute atomic E-state index is 0. The predicted molar refractivity (Wildman–Crippen MR) is 104 cm³/mol. The van der Waals surface area contributed by atoms with Gasteiger partial charge < -0.3 is 15.2 Å². The normalized spacial score (nSPS) is 17.9. The highest BCUT2D eigenvalue weighted by Gasteiger charge is 2.28. The maximum atomic E-state index is 12.5. The van der Waals surface area contributed by atoms with Crippen LogP contribution in [-0.2, 0) is 21.9 Å². The van der Waals surface area contributed by atoms with Crippen LogP contribution in [0.1, 0.15) is 11.9 Å². The Bertz CT molecular complexity index is 901. The summed E-state index contributed by atoms with van der Waals surface area (Å²) in [4.78, 5) is 18.9. The molecule has 1 atom stereocenters. The molecule has 0 bridgehead atoms. The van der Waals surface area contributed by atoms with E-state index in [0.29, 0.717) is 18.8 Å². The number of sulfonamides is 1. The molecule has 1 aromatic carbocycles. The number of piperazine rings is 1. The number of aryl methyl sites for hydroxylation is 1. The average Bonchev–Trinajstić information content (AvgIpc) is 3.00. The summed E-state index contributed by atoms with van der Waals surface area (Å²) in [5.41, 5.74) is 0.394. The van der Waals surface area contributed by atoms with Crippen molar-refractivity contribution in [2.24, 2.45) is 12.2 Å². The van der Waals surface area contributed by atoms with Gasteiger partial charge in [-0.05, 0) is 18.2 Å². The third-order valence-electron chi connectivity index (χ3n) is 4.30. The van der Waals surface area contributed by atoms with Crippen LogP contribution in [-0.4, -0.2) is 55.0 Å². The van der Waals surface area contributed by atoms with Crippen molar-refractivity contribution >= 4 is 34.0 Å². The highest BCUT2D eigenvalue weighted by molar-refractivity contribution is 7.89. The van der Waals surface area contributed by atoms with Crippen molar-refractivity contribution in [3.8, 4) is 0 Å². The lowest BCUT2D eigenvalue weighted by Gasteiger charge is -2.35. The number of carbonyl (C=O) groups is 1. The van der Waals surface area contributed by atoms with Gasteiger partial charge in [0.25, 0.3) is 0 Å². The van der Waals surface area contributed by atoms with E-state index in [1.165, 1.54) is 18.2 Å². The van der Waals surface area contributed by atoms with Crippen molar-refractivity contribution in [2.45, 2.75) is 10.9 Å². The van der Waals surface area contributed by atoms with Crippen LogP contribution < -0.4 is 15.8 Å². The van der Waals surface area contributed by atoms with Gasteiger partial charge in [-0.2, -0.15) is 0 Å². The van der Waals surface area contributed by atoms with Crippen LogP contribution in [0, 0.1) is 0 Å². The fourth-order valence-corrected chi connectivity index (χ4v) is 3.58. The number of benzene rings is 1. The Morgan fingerprint density at radius 3 is 2.89 bits per heavy atom. The number of primary sulfonamides is 1. The van der Waals surface area contributed by atoms with Crippen molar-refractivity contribution in [1.29, 1.82) is 0 Å². The molecule has 1 fully saturated rings. The second-order valence-electron chi connectivity index (χ2n) is 6.21. The molecule has 0 spiro atoms. The van der Waals surface area contributed by atoms with Crippen LogP contribution in [0.15, 0.2) is 41.6 Å². The number of nitrogens with two attached hydrogens (primary N) is 1. The van der Waals surface area contributed by atoms with Crippen LogP contribution in [0.4, 0.5) is 5.69 Å². The molecule has 0 radical (unpaired) electrons. The molecule has 1 saturated heterocycles. The summed E-state index contributed by atoms with van der Waals surface area (Å²) in [6.07, 6.45) is 3.61. The molecule has 148 valence electrons. The third-order valence-corrected chi connectivity index (χ3v) is 5.21. The summed E-state index contributed by atoms with van der Waals surface area (Å²) in [7, 11) is -1.89. The first kappa shape index (κ1) is 21.3. The number of carbonyl (C=O) groups excluding carboxylic acids is 1. The van der Waals surface area contributed by atoms with Crippen LogP contribution in [0.5, 0.6) is 0 Å². The van der Waals surface area contributed by atoms with Crippen molar-refractivity contribution in [3.05, 3.63) is 42.5 Å². The summed E-state index contributed by atoms with van der Waals surface area (Å²) in [5, 5.41) is 11.2. The molecule has 1 aliphatic heterocycles. The van der Waals surface area contributed by atoms with E-state index >= 15 is 0 Å². The summed E-state index contributed by atoms with van der Waals surface area (Å²) < 4.78 is 24.8. The Morgan fingerprint density at radius 1 is 1.44 bits per heavy atom. The first-order chi connectivity index (χ1) is 12.3. The molecule has 0 saturated carbocycles. The molecule has 9 nitrogen and oxygen atoms in total. The van der Waals surface area contributed by atoms with Gasteiger partial charge in [-0.25, -0.2) is 18.5 Å². The van der Waals surface area contributed by atoms with E-state index < -0.39 is 10.0 Å². The van der Waals surface area contributed by atoms with Gasteiger partial charge in [0.2, 0.25) is 15.9 Å². The number of anilines is 1. The minimum Gasteiger partial charge on any atom is -0.337 e. The maximum absolute atomic E-state index is 12.5. The summed E-state index contributed by atoms with van der Waals surface area (Å²) >= 11 is 0. The van der Waals surface area contributed by atoms with E-state index in [4.69, 9.17) is 5.14 Å². The summed E-state index contributed by atoms with van der Waals surface area (Å²) in [6, 6.07) is 5.89. The quantitative estimate of drug-likeness (QED) is 0.636. The summed E-state index contributed by atoms with van der Waals surface area (Å²) in [5.74, 6) is 0.666. The van der Waals surface area contributed by atoms with Crippen LogP contribution in [0.25, 0.3) is 0 Å². The number of imidazole rings is 1. The van der Waals surface area contributed by atoms with Crippen molar-refractivity contribution in [2.75, 3.05) is 31.5 Å². The number of hydrogen-bond donors (Lipinski definition) is 3. The fourth-order valence-electron chi connectivity index (χ4n) is 3.02. The first-order valence-electron chi connectivity index (χ1n) is 8.19. The van der Waals surface area contributed by atoms with Gasteiger partial charge >= 0.3 is 0 Å². The molecule has 1 aliphatic rings. The van der Waals surface area contributed by atoms with Gasteiger partial charge in [0.15, 0.2) is 0 Å². The Hall–Kier alpha value is -1.98. The third kappa shape index (κ3) is 5.27. The van der Waals surface area contributed by atoms with Crippen LogP contribution in [0.3, 0.4) is 0 Å². The molecular weight excluding hydrogens is 392 g/mol. The summed E-state index contributed by atoms with van der Waals surface area (Å²) in [6.45, 7) is 2.38. The Morgan fingerprint density at radius 2 is 2.22 bits per heavy atom. The van der Waals surface area contributed by atoms with E-state index in [2.05, 4.69) is 20.5 Å². The standard InChI is InChI=1S/C16H22N6O3S.ClH/c1-21-7-6-19-16(21)14-10-18-5-8-22(14)11-15(23)20-12-3-2-4-13(9-12)26(17,24)25;/h2-4,6-7,9,14,18H,5,8,10-11H2,1H3,(H,20,23)(H2,17,24,25);1H. The van der Waals surface area contributed by atoms with Crippen molar-refractivity contribution < 1.29 is 13.2 Å². The first-order valence-corrected chi connectivity index (χ1v) is 9.74. The van der Waals surface area contributed by atoms with Gasteiger partial charge in [-0.15, -0.1) is 12.4 Å². The Balaban J connectivity index is 0.00000261. The molecule has 2 aromatic rings. The van der Waals surface area contributed by atoms with Crippen molar-refractivity contribution in [3.63, 3.8) is 0 Å². The molecule has 27 heavy (non-hydrogen) atoms. The highest BCUT2D eigenvalue weighted by Crippen LogP contribution is 2.20. The molecule has 3 rings (SSSR count). The number of nitrogens with zero attached hydrogens (tertiary/aromatic N) is 3. The highest BCUT2D eigenvalue weighted by atomic mass is 35.5. The average molecular weight is 415 g/mol. The lowest BCUT2D eigenvalue weighted by molar-refractivity contribution is -0.118. The van der Waals surface area contributed by atoms with Gasteiger partial charge in [0.05, 0.1) is 17.5 Å². The van der Waals surface area contributed by atoms with Gasteiger partial charge in [0, 0.05) is 44.8 Å². The molecule has 1 aromatic heterocycles. The van der Waals surface area contributed by atoms with E-state index in [-0.39, 0.29) is 35.8 Å². The van der Waals surface area contributed by atoms with E-state index in [1.807, 2.05) is 17.8 Å². The minimum atomic E-state index is -3.81. The monoisotopic (exact) mass is 414 g/mol. The number of aromatic nitrogens is 2. The second kappa shape index (κ2) is 8.81.